The van der Waals surface area contributed by atoms with Crippen LogP contribution in [0.15, 0.2) is 0 Å². The van der Waals surface area contributed by atoms with Crippen LogP contribution in [0.3, 0.4) is 0 Å². The van der Waals surface area contributed by atoms with Crippen LogP contribution in [0.2, 0.25) is 0 Å². The molecule has 0 heterocycles. The third kappa shape index (κ3) is 6.42. The van der Waals surface area contributed by atoms with E-state index in [0.717, 1.165) is 32.4 Å². The van der Waals surface area contributed by atoms with Crippen molar-refractivity contribution in [1.82, 2.24) is 4.90 Å². The molecular weight excluding hydrogens is 222 g/mol. The molecule has 0 saturated carbocycles. The van der Waals surface area contributed by atoms with Gasteiger partial charge in [0, 0.05) is 18.5 Å². The molecule has 0 unspecified atom stereocenters. The zero-order chi connectivity index (χ0) is 14.0. The Hall–Kier alpha value is -0.530. The maximum absolute atomic E-state index is 12.5. The molecular formula is C16H33NO. The Morgan fingerprint density at radius 2 is 1.44 bits per heavy atom. The quantitative estimate of drug-likeness (QED) is 0.521. The van der Waals surface area contributed by atoms with Gasteiger partial charge in [-0.25, -0.2) is 0 Å². The van der Waals surface area contributed by atoms with Crippen molar-refractivity contribution in [2.75, 3.05) is 13.1 Å². The number of amides is 1. The molecule has 0 aliphatic heterocycles. The van der Waals surface area contributed by atoms with Crippen molar-refractivity contribution in [3.8, 4) is 0 Å². The minimum Gasteiger partial charge on any atom is -0.342 e. The van der Waals surface area contributed by atoms with Crippen LogP contribution in [0.1, 0.15) is 79.6 Å². The summed E-state index contributed by atoms with van der Waals surface area (Å²) < 4.78 is 0. The van der Waals surface area contributed by atoms with Crippen LogP contribution >= 0.6 is 0 Å². The molecule has 108 valence electrons. The van der Waals surface area contributed by atoms with E-state index in [1.54, 1.807) is 0 Å². The second-order valence-corrected chi connectivity index (χ2v) is 5.99. The average Bonchev–Trinajstić information content (AvgIpc) is 2.33. The van der Waals surface area contributed by atoms with E-state index in [4.69, 9.17) is 0 Å². The Labute approximate surface area is 114 Å². The van der Waals surface area contributed by atoms with Gasteiger partial charge in [0.1, 0.15) is 0 Å². The van der Waals surface area contributed by atoms with E-state index in [1.807, 2.05) is 0 Å². The number of nitrogens with zero attached hydrogens (tertiary/aromatic N) is 1. The van der Waals surface area contributed by atoms with Gasteiger partial charge in [0.25, 0.3) is 0 Å². The Kier molecular flexibility index (Phi) is 9.13. The molecule has 0 radical (unpaired) electrons. The second-order valence-electron chi connectivity index (χ2n) is 5.99. The lowest BCUT2D eigenvalue weighted by atomic mass is 9.85. The first-order valence-electron chi connectivity index (χ1n) is 7.79. The van der Waals surface area contributed by atoms with Crippen LogP contribution in [-0.2, 0) is 4.79 Å². The molecule has 0 aliphatic carbocycles. The highest BCUT2D eigenvalue weighted by Crippen LogP contribution is 2.27. The first-order valence-corrected chi connectivity index (χ1v) is 7.79. The summed E-state index contributed by atoms with van der Waals surface area (Å²) in [5.41, 5.74) is -0.182. The molecule has 0 fully saturated rings. The fourth-order valence-corrected chi connectivity index (χ4v) is 2.38. The molecule has 0 saturated heterocycles. The highest BCUT2D eigenvalue weighted by molar-refractivity contribution is 5.81. The van der Waals surface area contributed by atoms with Crippen molar-refractivity contribution in [2.24, 2.45) is 5.41 Å². The van der Waals surface area contributed by atoms with Gasteiger partial charge in [0.05, 0.1) is 0 Å². The fourth-order valence-electron chi connectivity index (χ4n) is 2.38. The first kappa shape index (κ1) is 17.5. The smallest absolute Gasteiger partial charge is 0.228 e. The lowest BCUT2D eigenvalue weighted by Crippen LogP contribution is -2.41. The molecule has 0 N–H and O–H groups in total. The Morgan fingerprint density at radius 1 is 0.889 bits per heavy atom. The lowest BCUT2D eigenvalue weighted by Gasteiger charge is -2.32. The number of hydrogen-bond donors (Lipinski definition) is 0. The molecule has 0 aromatic carbocycles. The zero-order valence-electron chi connectivity index (χ0n) is 13.2. The van der Waals surface area contributed by atoms with Gasteiger partial charge in [0.15, 0.2) is 0 Å². The summed E-state index contributed by atoms with van der Waals surface area (Å²) in [6.07, 6.45) is 8.11. The summed E-state index contributed by atoms with van der Waals surface area (Å²) in [5.74, 6) is 0.350. The molecule has 0 aromatic rings. The van der Waals surface area contributed by atoms with Crippen molar-refractivity contribution >= 4 is 5.91 Å². The number of unbranched alkanes of at least 4 members (excludes halogenated alkanes) is 3. The molecule has 0 rings (SSSR count). The SMILES string of the molecule is CCCCCCC(C)(C)C(=O)N(CCC)CCC. The van der Waals surface area contributed by atoms with Gasteiger partial charge >= 0.3 is 0 Å². The predicted octanol–water partition coefficient (Wildman–Crippen LogP) is 4.63. The molecule has 0 aromatic heterocycles. The largest absolute Gasteiger partial charge is 0.342 e. The lowest BCUT2D eigenvalue weighted by molar-refractivity contribution is -0.140. The van der Waals surface area contributed by atoms with E-state index >= 15 is 0 Å². The monoisotopic (exact) mass is 255 g/mol. The third-order valence-electron chi connectivity index (χ3n) is 3.51. The zero-order valence-corrected chi connectivity index (χ0v) is 13.2. The van der Waals surface area contributed by atoms with Gasteiger partial charge in [-0.3, -0.25) is 4.79 Å². The molecule has 0 atom stereocenters. The van der Waals surface area contributed by atoms with Crippen LogP contribution in [0.5, 0.6) is 0 Å². The number of rotatable bonds is 10. The predicted molar refractivity (Wildman–Crippen MR) is 79.7 cm³/mol. The van der Waals surface area contributed by atoms with Crippen molar-refractivity contribution in [2.45, 2.75) is 79.6 Å². The molecule has 2 heteroatoms. The topological polar surface area (TPSA) is 20.3 Å². The second kappa shape index (κ2) is 9.41. The highest BCUT2D eigenvalue weighted by atomic mass is 16.2. The van der Waals surface area contributed by atoms with Gasteiger partial charge in [-0.1, -0.05) is 60.3 Å². The Morgan fingerprint density at radius 3 is 1.89 bits per heavy atom. The van der Waals surface area contributed by atoms with Crippen LogP contribution in [0, 0.1) is 5.41 Å². The highest BCUT2D eigenvalue weighted by Gasteiger charge is 2.30. The third-order valence-corrected chi connectivity index (χ3v) is 3.51. The van der Waals surface area contributed by atoms with Crippen molar-refractivity contribution < 1.29 is 4.79 Å². The summed E-state index contributed by atoms with van der Waals surface area (Å²) in [6, 6.07) is 0. The van der Waals surface area contributed by atoms with Crippen LogP contribution in [-0.4, -0.2) is 23.9 Å². The minimum absolute atomic E-state index is 0.182. The molecule has 2 nitrogen and oxygen atoms in total. The molecule has 0 aliphatic rings. The van der Waals surface area contributed by atoms with Gasteiger partial charge in [-0.15, -0.1) is 0 Å². The molecule has 0 bridgehead atoms. The Bertz CT molecular complexity index is 217. The number of hydrogen-bond acceptors (Lipinski definition) is 1. The van der Waals surface area contributed by atoms with Gasteiger partial charge in [-0.05, 0) is 19.3 Å². The molecule has 0 spiro atoms. The molecule has 18 heavy (non-hydrogen) atoms. The normalized spacial score (nSPS) is 11.6. The molecule has 1 amide bonds. The van der Waals surface area contributed by atoms with E-state index in [9.17, 15) is 4.79 Å². The van der Waals surface area contributed by atoms with Gasteiger partial charge in [-0.2, -0.15) is 0 Å². The fraction of sp³-hybridized carbons (Fsp3) is 0.938. The first-order chi connectivity index (χ1) is 8.49. The number of carbonyl (C=O) groups is 1. The standard InChI is InChI=1S/C16H33NO/c1-6-9-10-11-12-16(4,5)15(18)17(13-7-2)14-8-3/h6-14H2,1-5H3. The van der Waals surface area contributed by atoms with E-state index in [0.29, 0.717) is 5.91 Å². The summed E-state index contributed by atoms with van der Waals surface area (Å²) in [7, 11) is 0. The van der Waals surface area contributed by atoms with E-state index < -0.39 is 0 Å². The summed E-state index contributed by atoms with van der Waals surface area (Å²) in [4.78, 5) is 14.6. The number of carbonyl (C=O) groups excluding carboxylic acids is 1. The summed E-state index contributed by atoms with van der Waals surface area (Å²) in [6.45, 7) is 12.5. The average molecular weight is 255 g/mol. The van der Waals surface area contributed by atoms with Crippen LogP contribution in [0.25, 0.3) is 0 Å². The minimum atomic E-state index is -0.182. The maximum Gasteiger partial charge on any atom is 0.228 e. The Balaban J connectivity index is 4.30. The summed E-state index contributed by atoms with van der Waals surface area (Å²) >= 11 is 0. The van der Waals surface area contributed by atoms with Crippen LogP contribution in [0.4, 0.5) is 0 Å². The van der Waals surface area contributed by atoms with E-state index in [2.05, 4.69) is 39.5 Å². The maximum atomic E-state index is 12.5. The van der Waals surface area contributed by atoms with Crippen molar-refractivity contribution in [3.63, 3.8) is 0 Å². The van der Waals surface area contributed by atoms with Gasteiger partial charge < -0.3 is 4.90 Å². The van der Waals surface area contributed by atoms with Crippen LogP contribution < -0.4 is 0 Å². The van der Waals surface area contributed by atoms with Crippen molar-refractivity contribution in [1.29, 1.82) is 0 Å². The van der Waals surface area contributed by atoms with Crippen molar-refractivity contribution in [3.05, 3.63) is 0 Å². The van der Waals surface area contributed by atoms with E-state index in [-0.39, 0.29) is 5.41 Å². The summed E-state index contributed by atoms with van der Waals surface area (Å²) in [5, 5.41) is 0. The van der Waals surface area contributed by atoms with E-state index in [1.165, 1.54) is 25.7 Å². The van der Waals surface area contributed by atoms with Gasteiger partial charge in [0.2, 0.25) is 5.91 Å².